The van der Waals surface area contributed by atoms with E-state index in [1.54, 1.807) is 0 Å². The van der Waals surface area contributed by atoms with Gasteiger partial charge in [0.1, 0.15) is 5.75 Å². The molecule has 23 heavy (non-hydrogen) atoms. The summed E-state index contributed by atoms with van der Waals surface area (Å²) in [4.78, 5) is 14.2. The second kappa shape index (κ2) is 7.18. The first-order chi connectivity index (χ1) is 11.3. The van der Waals surface area contributed by atoms with Gasteiger partial charge in [0, 0.05) is 19.6 Å². The summed E-state index contributed by atoms with van der Waals surface area (Å²) in [6.45, 7) is 4.61. The average molecular weight is 310 g/mol. The molecule has 4 nitrogen and oxygen atoms in total. The third-order valence-corrected chi connectivity index (χ3v) is 4.10. The molecule has 0 aliphatic carbocycles. The standard InChI is InChI=1S/C19H22N2O2/c1-2-23-18-9-7-15(8-10-18)13-20-19(22)21-12-11-16-5-3-4-6-17(16)14-21/h3-10H,2,11-14H2,1H3,(H,20,22). The minimum Gasteiger partial charge on any atom is -0.494 e. The maximum Gasteiger partial charge on any atom is 0.317 e. The van der Waals surface area contributed by atoms with Crippen LogP contribution in [0.15, 0.2) is 48.5 Å². The van der Waals surface area contributed by atoms with Crippen molar-refractivity contribution in [3.63, 3.8) is 0 Å². The third kappa shape index (κ3) is 3.83. The SMILES string of the molecule is CCOc1ccc(CNC(=O)N2CCc3ccccc3C2)cc1. The Bertz CT molecular complexity index is 667. The summed E-state index contributed by atoms with van der Waals surface area (Å²) >= 11 is 0. The number of urea groups is 1. The molecular weight excluding hydrogens is 288 g/mol. The van der Waals surface area contributed by atoms with E-state index in [2.05, 4.69) is 23.5 Å². The third-order valence-electron chi connectivity index (χ3n) is 4.10. The van der Waals surface area contributed by atoms with E-state index in [1.165, 1.54) is 11.1 Å². The topological polar surface area (TPSA) is 41.6 Å². The molecule has 2 aromatic rings. The first-order valence-electron chi connectivity index (χ1n) is 8.07. The van der Waals surface area contributed by atoms with E-state index in [-0.39, 0.29) is 6.03 Å². The Morgan fingerprint density at radius 3 is 2.61 bits per heavy atom. The fourth-order valence-electron chi connectivity index (χ4n) is 2.83. The molecule has 0 aromatic heterocycles. The first kappa shape index (κ1) is 15.4. The van der Waals surface area contributed by atoms with Crippen molar-refractivity contribution in [2.75, 3.05) is 13.2 Å². The van der Waals surface area contributed by atoms with Crippen molar-refractivity contribution < 1.29 is 9.53 Å². The van der Waals surface area contributed by atoms with Gasteiger partial charge in [0.05, 0.1) is 6.61 Å². The number of carbonyl (C=O) groups excluding carboxylic acids is 1. The van der Waals surface area contributed by atoms with Crippen molar-refractivity contribution in [3.8, 4) is 5.75 Å². The molecule has 0 saturated heterocycles. The van der Waals surface area contributed by atoms with E-state index >= 15 is 0 Å². The molecule has 0 radical (unpaired) electrons. The highest BCUT2D eigenvalue weighted by molar-refractivity contribution is 5.74. The fraction of sp³-hybridized carbons (Fsp3) is 0.316. The number of benzene rings is 2. The second-order valence-corrected chi connectivity index (χ2v) is 5.68. The highest BCUT2D eigenvalue weighted by Crippen LogP contribution is 2.18. The minimum absolute atomic E-state index is 0.00612. The van der Waals surface area contributed by atoms with Crippen molar-refractivity contribution in [2.45, 2.75) is 26.4 Å². The summed E-state index contributed by atoms with van der Waals surface area (Å²) in [6.07, 6.45) is 0.923. The van der Waals surface area contributed by atoms with E-state index in [1.807, 2.05) is 42.2 Å². The molecular formula is C19H22N2O2. The van der Waals surface area contributed by atoms with Crippen LogP contribution in [-0.4, -0.2) is 24.1 Å². The molecule has 2 amide bonds. The fourth-order valence-corrected chi connectivity index (χ4v) is 2.83. The molecule has 0 unspecified atom stereocenters. The molecule has 120 valence electrons. The van der Waals surface area contributed by atoms with Gasteiger partial charge >= 0.3 is 6.03 Å². The Morgan fingerprint density at radius 1 is 1.13 bits per heavy atom. The van der Waals surface area contributed by atoms with Crippen LogP contribution in [0.2, 0.25) is 0 Å². The number of fused-ring (bicyclic) bond motifs is 1. The quantitative estimate of drug-likeness (QED) is 0.941. The Kier molecular flexibility index (Phi) is 4.81. The lowest BCUT2D eigenvalue weighted by Gasteiger charge is -2.29. The molecule has 0 atom stereocenters. The molecule has 3 rings (SSSR count). The number of nitrogens with one attached hydrogen (secondary N) is 1. The first-order valence-corrected chi connectivity index (χ1v) is 8.07. The maximum atomic E-state index is 12.3. The van der Waals surface area contributed by atoms with Gasteiger partial charge in [-0.05, 0) is 42.2 Å². The van der Waals surface area contributed by atoms with Crippen LogP contribution in [0.4, 0.5) is 4.79 Å². The molecule has 1 heterocycles. The van der Waals surface area contributed by atoms with Gasteiger partial charge in [-0.3, -0.25) is 0 Å². The van der Waals surface area contributed by atoms with Gasteiger partial charge in [0.25, 0.3) is 0 Å². The average Bonchev–Trinajstić information content (AvgIpc) is 2.60. The van der Waals surface area contributed by atoms with Crippen LogP contribution in [0.25, 0.3) is 0 Å². The van der Waals surface area contributed by atoms with Crippen LogP contribution < -0.4 is 10.1 Å². The predicted octanol–water partition coefficient (Wildman–Crippen LogP) is 3.35. The molecule has 0 fully saturated rings. The molecule has 2 aromatic carbocycles. The molecule has 0 spiro atoms. The van der Waals surface area contributed by atoms with Crippen molar-refractivity contribution in [1.82, 2.24) is 10.2 Å². The molecule has 0 bridgehead atoms. The molecule has 1 N–H and O–H groups in total. The number of rotatable bonds is 4. The zero-order chi connectivity index (χ0) is 16.1. The zero-order valence-corrected chi connectivity index (χ0v) is 13.4. The Morgan fingerprint density at radius 2 is 1.87 bits per heavy atom. The smallest absolute Gasteiger partial charge is 0.317 e. The number of hydrogen-bond donors (Lipinski definition) is 1. The summed E-state index contributed by atoms with van der Waals surface area (Å²) in [5, 5.41) is 3.00. The van der Waals surface area contributed by atoms with Gasteiger partial charge in [-0.15, -0.1) is 0 Å². The Balaban J connectivity index is 1.54. The number of carbonyl (C=O) groups is 1. The lowest BCUT2D eigenvalue weighted by Crippen LogP contribution is -2.42. The highest BCUT2D eigenvalue weighted by Gasteiger charge is 2.19. The minimum atomic E-state index is -0.00612. The van der Waals surface area contributed by atoms with Gasteiger partial charge in [0.2, 0.25) is 0 Å². The van der Waals surface area contributed by atoms with E-state index in [4.69, 9.17) is 4.74 Å². The van der Waals surface area contributed by atoms with Crippen LogP contribution in [0.3, 0.4) is 0 Å². The van der Waals surface area contributed by atoms with Crippen molar-refractivity contribution in [2.24, 2.45) is 0 Å². The van der Waals surface area contributed by atoms with Crippen LogP contribution in [0, 0.1) is 0 Å². The van der Waals surface area contributed by atoms with Crippen LogP contribution in [-0.2, 0) is 19.5 Å². The number of hydrogen-bond acceptors (Lipinski definition) is 2. The Labute approximate surface area is 137 Å². The molecule has 1 aliphatic rings. The summed E-state index contributed by atoms with van der Waals surface area (Å²) in [5.74, 6) is 0.857. The lowest BCUT2D eigenvalue weighted by molar-refractivity contribution is 0.192. The molecule has 4 heteroatoms. The molecule has 0 saturated carbocycles. The lowest BCUT2D eigenvalue weighted by atomic mass is 10.0. The van der Waals surface area contributed by atoms with Gasteiger partial charge in [-0.25, -0.2) is 4.79 Å². The monoisotopic (exact) mass is 310 g/mol. The largest absolute Gasteiger partial charge is 0.494 e. The van der Waals surface area contributed by atoms with Gasteiger partial charge in [-0.1, -0.05) is 36.4 Å². The Hall–Kier alpha value is -2.49. The molecule has 1 aliphatic heterocycles. The zero-order valence-electron chi connectivity index (χ0n) is 13.4. The predicted molar refractivity (Wildman–Crippen MR) is 90.4 cm³/mol. The number of ether oxygens (including phenoxy) is 1. The van der Waals surface area contributed by atoms with E-state index in [9.17, 15) is 4.79 Å². The van der Waals surface area contributed by atoms with Crippen LogP contribution in [0.5, 0.6) is 5.75 Å². The number of nitrogens with zero attached hydrogens (tertiary/aromatic N) is 1. The summed E-state index contributed by atoms with van der Waals surface area (Å²) < 4.78 is 5.42. The van der Waals surface area contributed by atoms with Crippen molar-refractivity contribution in [3.05, 3.63) is 65.2 Å². The van der Waals surface area contributed by atoms with Crippen LogP contribution in [0.1, 0.15) is 23.6 Å². The maximum absolute atomic E-state index is 12.3. The van der Waals surface area contributed by atoms with Gasteiger partial charge < -0.3 is 15.0 Å². The van der Waals surface area contributed by atoms with E-state index < -0.39 is 0 Å². The summed E-state index contributed by atoms with van der Waals surface area (Å²) in [6, 6.07) is 16.2. The normalized spacial score (nSPS) is 13.3. The van der Waals surface area contributed by atoms with E-state index in [0.29, 0.717) is 19.7 Å². The van der Waals surface area contributed by atoms with Crippen molar-refractivity contribution in [1.29, 1.82) is 0 Å². The van der Waals surface area contributed by atoms with Gasteiger partial charge in [-0.2, -0.15) is 0 Å². The van der Waals surface area contributed by atoms with Crippen LogP contribution >= 0.6 is 0 Å². The summed E-state index contributed by atoms with van der Waals surface area (Å²) in [7, 11) is 0. The number of amides is 2. The van der Waals surface area contributed by atoms with Gasteiger partial charge in [0.15, 0.2) is 0 Å². The summed E-state index contributed by atoms with van der Waals surface area (Å²) in [5.41, 5.74) is 3.66. The van der Waals surface area contributed by atoms with Crippen molar-refractivity contribution >= 4 is 6.03 Å². The second-order valence-electron chi connectivity index (χ2n) is 5.68. The van der Waals surface area contributed by atoms with E-state index in [0.717, 1.165) is 24.3 Å². The highest BCUT2D eigenvalue weighted by atomic mass is 16.5.